The van der Waals surface area contributed by atoms with Crippen LogP contribution in [0.15, 0.2) is 33.6 Å². The van der Waals surface area contributed by atoms with Crippen LogP contribution in [0.4, 0.5) is 0 Å². The number of thiophene rings is 1. The van der Waals surface area contributed by atoms with E-state index in [2.05, 4.69) is 20.8 Å². The van der Waals surface area contributed by atoms with Gasteiger partial charge in [0.2, 0.25) is 5.70 Å². The van der Waals surface area contributed by atoms with Crippen molar-refractivity contribution < 1.29 is 0 Å². The van der Waals surface area contributed by atoms with E-state index in [0.717, 1.165) is 19.9 Å². The maximum atomic E-state index is 7.47. The standard InChI is InChI=1S/C13H11BrN2S2/c1-15-11(9-6-8-18-13(9)14)12(17-3)10-5-4-7-16(10)2/h4-8H,2-3H3/b12-11+. The van der Waals surface area contributed by atoms with Gasteiger partial charge in [0, 0.05) is 29.4 Å². The van der Waals surface area contributed by atoms with Crippen LogP contribution in [0.2, 0.25) is 0 Å². The number of rotatable bonds is 3. The molecule has 2 aromatic rings. The third-order valence-electron chi connectivity index (χ3n) is 2.58. The van der Waals surface area contributed by atoms with Gasteiger partial charge in [-0.15, -0.1) is 23.1 Å². The molecule has 2 rings (SSSR count). The van der Waals surface area contributed by atoms with E-state index in [1.165, 1.54) is 0 Å². The Morgan fingerprint density at radius 2 is 2.28 bits per heavy atom. The second-order valence-corrected chi connectivity index (χ2v) is 6.66. The summed E-state index contributed by atoms with van der Waals surface area (Å²) in [5.41, 5.74) is 2.75. The maximum absolute atomic E-state index is 7.47. The molecule has 0 unspecified atom stereocenters. The van der Waals surface area contributed by atoms with Crippen molar-refractivity contribution in [2.45, 2.75) is 0 Å². The smallest absolute Gasteiger partial charge is 0.211 e. The highest BCUT2D eigenvalue weighted by atomic mass is 79.9. The van der Waals surface area contributed by atoms with Crippen molar-refractivity contribution in [2.75, 3.05) is 6.26 Å². The molecule has 0 radical (unpaired) electrons. The van der Waals surface area contributed by atoms with Crippen molar-refractivity contribution in [1.82, 2.24) is 4.57 Å². The first kappa shape index (κ1) is 13.5. The number of aromatic nitrogens is 1. The highest BCUT2D eigenvalue weighted by Gasteiger charge is 2.16. The summed E-state index contributed by atoms with van der Waals surface area (Å²) in [7, 11) is 2.00. The van der Waals surface area contributed by atoms with E-state index >= 15 is 0 Å². The molecular weight excluding hydrogens is 328 g/mol. The quantitative estimate of drug-likeness (QED) is 0.719. The lowest BCUT2D eigenvalue weighted by atomic mass is 10.2. The maximum Gasteiger partial charge on any atom is 0.211 e. The molecule has 0 aliphatic carbocycles. The molecule has 0 saturated carbocycles. The van der Waals surface area contributed by atoms with E-state index in [0.29, 0.717) is 5.70 Å². The molecule has 0 atom stereocenters. The van der Waals surface area contributed by atoms with Crippen molar-refractivity contribution in [3.8, 4) is 0 Å². The lowest BCUT2D eigenvalue weighted by Crippen LogP contribution is -1.94. The zero-order valence-electron chi connectivity index (χ0n) is 9.98. The topological polar surface area (TPSA) is 9.29 Å². The largest absolute Gasteiger partial charge is 0.351 e. The van der Waals surface area contributed by atoms with Crippen molar-refractivity contribution in [1.29, 1.82) is 0 Å². The van der Waals surface area contributed by atoms with Crippen LogP contribution in [-0.4, -0.2) is 10.8 Å². The fraction of sp³-hybridized carbons (Fsp3) is 0.154. The average molecular weight is 339 g/mol. The number of aryl methyl sites for hydroxylation is 1. The monoisotopic (exact) mass is 338 g/mol. The lowest BCUT2D eigenvalue weighted by Gasteiger charge is -2.09. The van der Waals surface area contributed by atoms with Crippen molar-refractivity contribution >= 4 is 49.6 Å². The lowest BCUT2D eigenvalue weighted by molar-refractivity contribution is 0.914. The molecule has 2 nitrogen and oxygen atoms in total. The third-order valence-corrected chi connectivity index (χ3v) is 5.08. The van der Waals surface area contributed by atoms with Crippen LogP contribution in [0.1, 0.15) is 11.3 Å². The molecular formula is C13H11BrN2S2. The van der Waals surface area contributed by atoms with E-state index in [4.69, 9.17) is 6.57 Å². The van der Waals surface area contributed by atoms with Crippen molar-refractivity contribution in [3.05, 3.63) is 56.2 Å². The molecule has 0 N–H and O–H groups in total. The zero-order valence-corrected chi connectivity index (χ0v) is 13.2. The van der Waals surface area contributed by atoms with Gasteiger partial charge in [0.15, 0.2) is 0 Å². The number of nitrogens with zero attached hydrogens (tertiary/aromatic N) is 2. The van der Waals surface area contributed by atoms with Crippen molar-refractivity contribution in [3.63, 3.8) is 0 Å². The second kappa shape index (κ2) is 5.79. The Morgan fingerprint density at radius 3 is 2.72 bits per heavy atom. The van der Waals surface area contributed by atoms with Crippen LogP contribution in [0.3, 0.4) is 0 Å². The van der Waals surface area contributed by atoms with Crippen LogP contribution in [-0.2, 0) is 7.05 Å². The summed E-state index contributed by atoms with van der Waals surface area (Å²) >= 11 is 6.72. The van der Waals surface area contributed by atoms with Crippen LogP contribution < -0.4 is 0 Å². The highest BCUT2D eigenvalue weighted by Crippen LogP contribution is 2.39. The molecule has 0 aliphatic rings. The Morgan fingerprint density at radius 1 is 1.50 bits per heavy atom. The van der Waals surface area contributed by atoms with Gasteiger partial charge in [0.25, 0.3) is 0 Å². The summed E-state index contributed by atoms with van der Waals surface area (Å²) in [6, 6.07) is 6.02. The minimum Gasteiger partial charge on any atom is -0.351 e. The van der Waals surface area contributed by atoms with Crippen LogP contribution in [0, 0.1) is 6.57 Å². The molecule has 5 heteroatoms. The first-order chi connectivity index (χ1) is 8.69. The highest BCUT2D eigenvalue weighted by molar-refractivity contribution is 9.11. The molecule has 0 bridgehead atoms. The van der Waals surface area contributed by atoms with Gasteiger partial charge in [-0.1, -0.05) is 6.07 Å². The molecule has 92 valence electrons. The number of thioether (sulfide) groups is 1. The summed E-state index contributed by atoms with van der Waals surface area (Å²) in [6.45, 7) is 7.47. The second-order valence-electron chi connectivity index (χ2n) is 3.61. The molecule has 2 heterocycles. The van der Waals surface area contributed by atoms with E-state index in [9.17, 15) is 0 Å². The molecule has 0 fully saturated rings. The fourth-order valence-electron chi connectivity index (χ4n) is 1.72. The Bertz CT molecular complexity index is 631. The Kier molecular flexibility index (Phi) is 4.33. The summed E-state index contributed by atoms with van der Waals surface area (Å²) in [6.07, 6.45) is 4.00. The predicted octanol–water partition coefficient (Wildman–Crippen LogP) is 4.96. The minimum atomic E-state index is 0.706. The first-order valence-corrected chi connectivity index (χ1v) is 8.09. The van der Waals surface area contributed by atoms with E-state index in [1.54, 1.807) is 23.1 Å². The predicted molar refractivity (Wildman–Crippen MR) is 84.4 cm³/mol. The number of halogens is 1. The summed E-state index contributed by atoms with van der Waals surface area (Å²) in [5.74, 6) is 0. The third kappa shape index (κ3) is 2.41. The average Bonchev–Trinajstić information content (AvgIpc) is 2.95. The molecule has 0 spiro atoms. The van der Waals surface area contributed by atoms with Crippen molar-refractivity contribution in [2.24, 2.45) is 7.05 Å². The molecule has 0 aliphatic heterocycles. The molecule has 18 heavy (non-hydrogen) atoms. The number of hydrogen-bond acceptors (Lipinski definition) is 2. The zero-order chi connectivity index (χ0) is 13.1. The molecule has 0 saturated heterocycles. The van der Waals surface area contributed by atoms with E-state index < -0.39 is 0 Å². The van der Waals surface area contributed by atoms with E-state index in [1.807, 2.05) is 47.6 Å². The summed E-state index contributed by atoms with van der Waals surface area (Å²) in [5, 5.41) is 1.99. The first-order valence-electron chi connectivity index (χ1n) is 5.19. The Balaban J connectivity index is 2.65. The minimum absolute atomic E-state index is 0.706. The summed E-state index contributed by atoms with van der Waals surface area (Å²) in [4.78, 5) is 4.74. The van der Waals surface area contributed by atoms with Gasteiger partial charge in [-0.3, -0.25) is 0 Å². The Labute approximate surface area is 123 Å². The molecule has 0 amide bonds. The van der Waals surface area contributed by atoms with Gasteiger partial charge < -0.3 is 4.57 Å². The van der Waals surface area contributed by atoms with Gasteiger partial charge in [-0.2, -0.15) is 0 Å². The van der Waals surface area contributed by atoms with Crippen LogP contribution in [0.25, 0.3) is 15.4 Å². The van der Waals surface area contributed by atoms with Crippen LogP contribution in [0.5, 0.6) is 0 Å². The van der Waals surface area contributed by atoms with E-state index in [-0.39, 0.29) is 0 Å². The number of hydrogen-bond donors (Lipinski definition) is 0. The van der Waals surface area contributed by atoms with Gasteiger partial charge in [-0.05, 0) is 39.7 Å². The molecule has 0 aromatic carbocycles. The normalized spacial score (nSPS) is 12.1. The Hall–Kier alpha value is -0.960. The fourth-order valence-corrected chi connectivity index (χ4v) is 3.74. The SMILES string of the molecule is [C-]#[N+]/C(=C(/SC)c1cccn1C)c1ccsc1Br. The van der Waals surface area contributed by atoms with Gasteiger partial charge >= 0.3 is 0 Å². The van der Waals surface area contributed by atoms with Gasteiger partial charge in [0.05, 0.1) is 10.4 Å². The summed E-state index contributed by atoms with van der Waals surface area (Å²) < 4.78 is 3.05. The molecule has 2 aromatic heterocycles. The van der Waals surface area contributed by atoms with Gasteiger partial charge in [-0.25, -0.2) is 4.85 Å². The van der Waals surface area contributed by atoms with Crippen LogP contribution >= 0.6 is 39.0 Å². The van der Waals surface area contributed by atoms with Gasteiger partial charge in [0.1, 0.15) is 0 Å².